The van der Waals surface area contributed by atoms with E-state index in [2.05, 4.69) is 16.0 Å². The van der Waals surface area contributed by atoms with Crippen LogP contribution >= 0.6 is 0 Å². The summed E-state index contributed by atoms with van der Waals surface area (Å²) in [6.45, 7) is 4.48. The molecule has 4 rings (SSSR count). The van der Waals surface area contributed by atoms with Crippen LogP contribution in [-0.4, -0.2) is 38.1 Å². The minimum Gasteiger partial charge on any atom is -0.463 e. The molecule has 0 aliphatic heterocycles. The van der Waals surface area contributed by atoms with Crippen molar-refractivity contribution in [2.24, 2.45) is 5.73 Å². The van der Waals surface area contributed by atoms with E-state index in [0.29, 0.717) is 18.0 Å². The first kappa shape index (κ1) is 19.4. The van der Waals surface area contributed by atoms with Crippen molar-refractivity contribution in [1.29, 1.82) is 0 Å². The lowest BCUT2D eigenvalue weighted by Gasteiger charge is -2.19. The highest BCUT2D eigenvalue weighted by Gasteiger charge is 2.22. The first-order valence-electron chi connectivity index (χ1n) is 9.38. The number of aromatic nitrogens is 3. The topological polar surface area (TPSA) is 107 Å². The fourth-order valence-electron chi connectivity index (χ4n) is 3.41. The molecule has 0 saturated heterocycles. The minimum absolute atomic E-state index is 0.00510. The van der Waals surface area contributed by atoms with Crippen LogP contribution in [0.2, 0.25) is 0 Å². The highest BCUT2D eigenvalue weighted by Crippen LogP contribution is 2.24. The predicted octanol–water partition coefficient (Wildman–Crippen LogP) is 2.98. The third-order valence-electron chi connectivity index (χ3n) is 4.98. The molecule has 0 spiro atoms. The molecule has 3 heterocycles. The smallest absolute Gasteiger partial charge is 0.272 e. The third-order valence-corrected chi connectivity index (χ3v) is 4.98. The Labute approximate surface area is 173 Å². The molecule has 2 N–H and O–H groups in total. The lowest BCUT2D eigenvalue weighted by Crippen LogP contribution is -2.28. The highest BCUT2D eigenvalue weighted by molar-refractivity contribution is 5.99. The van der Waals surface area contributed by atoms with Crippen molar-refractivity contribution >= 4 is 17.5 Å². The standard InChI is InChI=1S/C22H21N5O3/c1-13-6-7-15(14(2)9-13)11-26(3)22(29)16-10-17(18-5-4-8-30-18)27-12-24-19(20(23)28)21(27)25-16/h4-10,12H,11H2,1-3H3,(H2,23,28). The Kier molecular flexibility index (Phi) is 4.83. The maximum Gasteiger partial charge on any atom is 0.272 e. The molecule has 152 valence electrons. The van der Waals surface area contributed by atoms with Gasteiger partial charge in [-0.2, -0.15) is 0 Å². The van der Waals surface area contributed by atoms with Crippen LogP contribution in [0.25, 0.3) is 17.1 Å². The van der Waals surface area contributed by atoms with Gasteiger partial charge in [0, 0.05) is 13.6 Å². The fourth-order valence-corrected chi connectivity index (χ4v) is 3.41. The van der Waals surface area contributed by atoms with Crippen LogP contribution in [0.4, 0.5) is 0 Å². The Bertz CT molecular complexity index is 1260. The van der Waals surface area contributed by atoms with Crippen LogP contribution in [0.5, 0.6) is 0 Å². The highest BCUT2D eigenvalue weighted by atomic mass is 16.3. The van der Waals surface area contributed by atoms with Crippen molar-refractivity contribution in [3.63, 3.8) is 0 Å². The van der Waals surface area contributed by atoms with E-state index in [1.807, 2.05) is 26.0 Å². The number of nitrogens with zero attached hydrogens (tertiary/aromatic N) is 4. The van der Waals surface area contributed by atoms with E-state index in [4.69, 9.17) is 10.2 Å². The summed E-state index contributed by atoms with van der Waals surface area (Å²) >= 11 is 0. The van der Waals surface area contributed by atoms with E-state index in [0.717, 1.165) is 11.1 Å². The lowest BCUT2D eigenvalue weighted by molar-refractivity contribution is 0.0779. The van der Waals surface area contributed by atoms with Gasteiger partial charge in [-0.05, 0) is 43.2 Å². The van der Waals surface area contributed by atoms with Gasteiger partial charge in [0.25, 0.3) is 11.8 Å². The SMILES string of the molecule is Cc1ccc(CN(C)C(=O)c2cc(-c3ccco3)n3cnc(C(N)=O)c3n2)c(C)c1. The van der Waals surface area contributed by atoms with Crippen LogP contribution in [0.15, 0.2) is 53.4 Å². The average molecular weight is 403 g/mol. The summed E-state index contributed by atoms with van der Waals surface area (Å²) in [5, 5.41) is 0. The van der Waals surface area contributed by atoms with E-state index in [9.17, 15) is 9.59 Å². The molecular weight excluding hydrogens is 382 g/mol. The third kappa shape index (κ3) is 3.43. The van der Waals surface area contributed by atoms with Gasteiger partial charge in [0.05, 0.1) is 12.0 Å². The number of hydrogen-bond donors (Lipinski definition) is 1. The maximum atomic E-state index is 13.2. The molecule has 4 aromatic rings. The monoisotopic (exact) mass is 403 g/mol. The molecular formula is C22H21N5O3. The summed E-state index contributed by atoms with van der Waals surface area (Å²) in [6.07, 6.45) is 2.97. The van der Waals surface area contributed by atoms with Gasteiger partial charge in [0.15, 0.2) is 17.1 Å². The van der Waals surface area contributed by atoms with Crippen LogP contribution in [0.3, 0.4) is 0 Å². The molecule has 0 fully saturated rings. The molecule has 8 heteroatoms. The molecule has 30 heavy (non-hydrogen) atoms. The number of amides is 2. The zero-order chi connectivity index (χ0) is 21.4. The zero-order valence-corrected chi connectivity index (χ0v) is 16.9. The summed E-state index contributed by atoms with van der Waals surface area (Å²) in [5.41, 5.74) is 9.69. The number of primary amides is 1. The van der Waals surface area contributed by atoms with Gasteiger partial charge in [-0.25, -0.2) is 9.97 Å². The molecule has 3 aromatic heterocycles. The van der Waals surface area contributed by atoms with Crippen molar-refractivity contribution in [2.75, 3.05) is 7.05 Å². The van der Waals surface area contributed by atoms with E-state index < -0.39 is 5.91 Å². The molecule has 0 aliphatic rings. The van der Waals surface area contributed by atoms with E-state index in [1.54, 1.807) is 34.5 Å². The molecule has 1 aromatic carbocycles. The maximum absolute atomic E-state index is 13.2. The van der Waals surface area contributed by atoms with Crippen molar-refractivity contribution in [2.45, 2.75) is 20.4 Å². The number of benzene rings is 1. The van der Waals surface area contributed by atoms with Crippen LogP contribution in [0, 0.1) is 13.8 Å². The first-order valence-corrected chi connectivity index (χ1v) is 9.38. The Hall–Kier alpha value is -3.94. The predicted molar refractivity (Wildman–Crippen MR) is 111 cm³/mol. The second-order valence-electron chi connectivity index (χ2n) is 7.25. The molecule has 2 amide bonds. The Balaban J connectivity index is 1.76. The molecule has 0 saturated carbocycles. The summed E-state index contributed by atoms with van der Waals surface area (Å²) in [4.78, 5) is 35.0. The van der Waals surface area contributed by atoms with Gasteiger partial charge in [-0.1, -0.05) is 23.8 Å². The van der Waals surface area contributed by atoms with Gasteiger partial charge in [-0.15, -0.1) is 0 Å². The number of furan rings is 1. The van der Waals surface area contributed by atoms with Gasteiger partial charge >= 0.3 is 0 Å². The number of imidazole rings is 1. The number of carbonyl (C=O) groups is 2. The Morgan fingerprint density at radius 3 is 2.67 bits per heavy atom. The summed E-state index contributed by atoms with van der Waals surface area (Å²) in [7, 11) is 1.71. The molecule has 0 aliphatic carbocycles. The number of rotatable bonds is 5. The Morgan fingerprint density at radius 1 is 1.20 bits per heavy atom. The van der Waals surface area contributed by atoms with Crippen LogP contribution < -0.4 is 5.73 Å². The number of carbonyl (C=O) groups excluding carboxylic acids is 2. The summed E-state index contributed by atoms with van der Waals surface area (Å²) < 4.78 is 7.08. The first-order chi connectivity index (χ1) is 14.3. The second-order valence-corrected chi connectivity index (χ2v) is 7.25. The largest absolute Gasteiger partial charge is 0.463 e. The number of fused-ring (bicyclic) bond motifs is 1. The van der Waals surface area contributed by atoms with Gasteiger partial charge < -0.3 is 15.1 Å². The van der Waals surface area contributed by atoms with Crippen molar-refractivity contribution in [3.8, 4) is 11.5 Å². The average Bonchev–Trinajstić information content (AvgIpc) is 3.38. The quantitative estimate of drug-likeness (QED) is 0.551. The molecule has 0 unspecified atom stereocenters. The van der Waals surface area contributed by atoms with E-state index in [-0.39, 0.29) is 22.9 Å². The van der Waals surface area contributed by atoms with Crippen molar-refractivity contribution in [1.82, 2.24) is 19.3 Å². The second kappa shape index (κ2) is 7.47. The van der Waals surface area contributed by atoms with Gasteiger partial charge in [0.1, 0.15) is 12.0 Å². The van der Waals surface area contributed by atoms with E-state index >= 15 is 0 Å². The fraction of sp³-hybridized carbons (Fsp3) is 0.182. The van der Waals surface area contributed by atoms with E-state index in [1.165, 1.54) is 18.2 Å². The van der Waals surface area contributed by atoms with Crippen molar-refractivity contribution in [3.05, 3.63) is 77.1 Å². The number of aryl methyl sites for hydroxylation is 2. The van der Waals surface area contributed by atoms with Crippen molar-refractivity contribution < 1.29 is 14.0 Å². The zero-order valence-electron chi connectivity index (χ0n) is 16.9. The molecule has 0 bridgehead atoms. The van der Waals surface area contributed by atoms with Crippen LogP contribution in [0.1, 0.15) is 37.7 Å². The minimum atomic E-state index is -0.719. The number of nitrogens with two attached hydrogens (primary N) is 1. The number of hydrogen-bond acceptors (Lipinski definition) is 5. The normalized spacial score (nSPS) is 11.0. The molecule has 0 radical (unpaired) electrons. The Morgan fingerprint density at radius 2 is 2.00 bits per heavy atom. The van der Waals surface area contributed by atoms with Crippen LogP contribution in [-0.2, 0) is 6.54 Å². The lowest BCUT2D eigenvalue weighted by atomic mass is 10.1. The summed E-state index contributed by atoms with van der Waals surface area (Å²) in [5.74, 6) is -0.493. The van der Waals surface area contributed by atoms with Gasteiger partial charge in [0.2, 0.25) is 0 Å². The molecule has 8 nitrogen and oxygen atoms in total. The van der Waals surface area contributed by atoms with Gasteiger partial charge in [-0.3, -0.25) is 14.0 Å². The molecule has 0 atom stereocenters. The summed E-state index contributed by atoms with van der Waals surface area (Å²) in [6, 6.07) is 11.2.